The number of hydrogen-bond acceptors (Lipinski definition) is 5. The Morgan fingerprint density at radius 1 is 1.29 bits per heavy atom. The van der Waals surface area contributed by atoms with Crippen molar-refractivity contribution in [3.63, 3.8) is 0 Å². The first-order valence-electron chi connectivity index (χ1n) is 6.31. The summed E-state index contributed by atoms with van der Waals surface area (Å²) >= 11 is 0. The highest BCUT2D eigenvalue weighted by Crippen LogP contribution is 2.22. The van der Waals surface area contributed by atoms with Gasteiger partial charge in [0.05, 0.1) is 29.5 Å². The van der Waals surface area contributed by atoms with Crippen LogP contribution in [0.15, 0.2) is 24.3 Å². The Bertz CT molecular complexity index is 669. The van der Waals surface area contributed by atoms with Crippen LogP contribution < -0.4 is 0 Å². The number of carboxylic acids is 1. The summed E-state index contributed by atoms with van der Waals surface area (Å²) in [5.74, 6) is -2.53. The first kappa shape index (κ1) is 15.3. The van der Waals surface area contributed by atoms with Gasteiger partial charge in [-0.05, 0) is 12.1 Å². The van der Waals surface area contributed by atoms with Crippen molar-refractivity contribution in [1.82, 2.24) is 4.90 Å². The van der Waals surface area contributed by atoms with Crippen molar-refractivity contribution in [3.05, 3.63) is 29.8 Å². The number of hydrogen-bond donors (Lipinski definition) is 2. The fourth-order valence-corrected chi connectivity index (χ4v) is 3.86. The van der Waals surface area contributed by atoms with Gasteiger partial charge in [-0.15, -0.1) is 0 Å². The summed E-state index contributed by atoms with van der Waals surface area (Å²) in [6.45, 7) is -0.0759. The maximum absolute atomic E-state index is 12.4. The van der Waals surface area contributed by atoms with Crippen LogP contribution in [0.1, 0.15) is 16.8 Å². The number of benzene rings is 1. The van der Waals surface area contributed by atoms with Crippen LogP contribution in [0.4, 0.5) is 0 Å². The predicted octanol–water partition coefficient (Wildman–Crippen LogP) is 0.106. The Kier molecular flexibility index (Phi) is 4.17. The molecule has 1 aliphatic rings. The Hall–Kier alpha value is -2.09. The normalized spacial score (nSPS) is 21.0. The zero-order valence-electron chi connectivity index (χ0n) is 11.1. The highest BCUT2D eigenvalue weighted by molar-refractivity contribution is 7.91. The minimum Gasteiger partial charge on any atom is -0.507 e. The third kappa shape index (κ3) is 3.52. The molecule has 0 spiro atoms. The number of rotatable bonds is 3. The SMILES string of the molecule is O=C(O)CC1CS(=O)(=O)CCN1C(=O)c1ccccc1O. The molecule has 0 aliphatic carbocycles. The van der Waals surface area contributed by atoms with E-state index in [-0.39, 0.29) is 29.4 Å². The van der Waals surface area contributed by atoms with Crippen LogP contribution in [-0.4, -0.2) is 59.5 Å². The summed E-state index contributed by atoms with van der Waals surface area (Å²) < 4.78 is 23.3. The molecule has 114 valence electrons. The number of amides is 1. The number of carboxylic acid groups (broad SMARTS) is 1. The molecule has 1 fully saturated rings. The van der Waals surface area contributed by atoms with Crippen molar-refractivity contribution in [2.45, 2.75) is 12.5 Å². The second-order valence-electron chi connectivity index (χ2n) is 4.88. The highest BCUT2D eigenvalue weighted by atomic mass is 32.2. The number of carbonyl (C=O) groups excluding carboxylic acids is 1. The van der Waals surface area contributed by atoms with E-state index in [0.29, 0.717) is 0 Å². The highest BCUT2D eigenvalue weighted by Gasteiger charge is 2.36. The average Bonchev–Trinajstić information content (AvgIpc) is 2.37. The summed E-state index contributed by atoms with van der Waals surface area (Å²) in [7, 11) is -3.36. The number of aliphatic carboxylic acids is 1. The largest absolute Gasteiger partial charge is 0.507 e. The third-order valence-corrected chi connectivity index (χ3v) is 5.03. The Morgan fingerprint density at radius 2 is 1.95 bits per heavy atom. The fraction of sp³-hybridized carbons (Fsp3) is 0.385. The van der Waals surface area contributed by atoms with Gasteiger partial charge in [0.2, 0.25) is 0 Å². The summed E-state index contributed by atoms with van der Waals surface area (Å²) in [6.07, 6.45) is -0.446. The molecule has 1 aliphatic heterocycles. The molecule has 2 rings (SSSR count). The second kappa shape index (κ2) is 5.72. The van der Waals surface area contributed by atoms with Gasteiger partial charge < -0.3 is 15.1 Å². The molecule has 0 radical (unpaired) electrons. The van der Waals surface area contributed by atoms with Gasteiger partial charge in [-0.1, -0.05) is 12.1 Å². The standard InChI is InChI=1S/C13H15NO6S/c15-11-4-2-1-3-10(11)13(18)14-5-6-21(19,20)8-9(14)7-12(16)17/h1-4,9,15H,5-8H2,(H,16,17). The molecular formula is C13H15NO6S. The smallest absolute Gasteiger partial charge is 0.305 e. The van der Waals surface area contributed by atoms with Gasteiger partial charge in [0.15, 0.2) is 9.84 Å². The van der Waals surface area contributed by atoms with Crippen LogP contribution in [0.3, 0.4) is 0 Å². The summed E-state index contributed by atoms with van der Waals surface area (Å²) in [5, 5.41) is 18.6. The molecule has 1 heterocycles. The van der Waals surface area contributed by atoms with Gasteiger partial charge in [0, 0.05) is 6.54 Å². The number of phenols is 1. The van der Waals surface area contributed by atoms with Gasteiger partial charge in [0.1, 0.15) is 5.75 Å². The van der Waals surface area contributed by atoms with Gasteiger partial charge >= 0.3 is 5.97 Å². The van der Waals surface area contributed by atoms with Crippen LogP contribution in [-0.2, 0) is 14.6 Å². The lowest BCUT2D eigenvalue weighted by molar-refractivity contribution is -0.138. The van der Waals surface area contributed by atoms with Gasteiger partial charge in [-0.2, -0.15) is 0 Å². The maximum Gasteiger partial charge on any atom is 0.305 e. The van der Waals surface area contributed by atoms with Crippen molar-refractivity contribution >= 4 is 21.7 Å². The Labute approximate surface area is 121 Å². The van der Waals surface area contributed by atoms with Crippen molar-refractivity contribution < 1.29 is 28.2 Å². The van der Waals surface area contributed by atoms with E-state index in [1.807, 2.05) is 0 Å². The lowest BCUT2D eigenvalue weighted by Crippen LogP contribution is -2.52. The molecule has 1 aromatic rings. The molecule has 1 amide bonds. The van der Waals surface area contributed by atoms with Crippen molar-refractivity contribution in [2.24, 2.45) is 0 Å². The molecule has 2 N–H and O–H groups in total. The van der Waals surface area contributed by atoms with Crippen molar-refractivity contribution in [2.75, 3.05) is 18.1 Å². The molecular weight excluding hydrogens is 298 g/mol. The molecule has 1 saturated heterocycles. The van der Waals surface area contributed by atoms with Gasteiger partial charge in [0.25, 0.3) is 5.91 Å². The molecule has 7 nitrogen and oxygen atoms in total. The van der Waals surface area contributed by atoms with Crippen molar-refractivity contribution in [3.8, 4) is 5.75 Å². The maximum atomic E-state index is 12.4. The lowest BCUT2D eigenvalue weighted by Gasteiger charge is -2.34. The van der Waals surface area contributed by atoms with E-state index in [1.165, 1.54) is 17.0 Å². The molecule has 1 unspecified atom stereocenters. The van der Waals surface area contributed by atoms with Crippen LogP contribution in [0.5, 0.6) is 5.75 Å². The molecule has 8 heteroatoms. The molecule has 21 heavy (non-hydrogen) atoms. The minimum atomic E-state index is -3.36. The quantitative estimate of drug-likeness (QED) is 0.819. The topological polar surface area (TPSA) is 112 Å². The predicted molar refractivity (Wildman–Crippen MR) is 73.8 cm³/mol. The molecule has 0 saturated carbocycles. The Morgan fingerprint density at radius 3 is 2.57 bits per heavy atom. The van der Waals surface area contributed by atoms with E-state index in [9.17, 15) is 23.1 Å². The average molecular weight is 313 g/mol. The van der Waals surface area contributed by atoms with E-state index in [0.717, 1.165) is 0 Å². The van der Waals surface area contributed by atoms with Crippen LogP contribution in [0, 0.1) is 0 Å². The zero-order valence-corrected chi connectivity index (χ0v) is 11.9. The molecule has 0 bridgehead atoms. The molecule has 1 atom stereocenters. The first-order valence-corrected chi connectivity index (χ1v) is 8.13. The number of carbonyl (C=O) groups is 2. The number of aromatic hydroxyl groups is 1. The minimum absolute atomic E-state index is 0.0344. The summed E-state index contributed by atoms with van der Waals surface area (Å²) in [4.78, 5) is 24.5. The van der Waals surface area contributed by atoms with Crippen LogP contribution >= 0.6 is 0 Å². The lowest BCUT2D eigenvalue weighted by atomic mass is 10.1. The monoisotopic (exact) mass is 313 g/mol. The van der Waals surface area contributed by atoms with Gasteiger partial charge in [-0.25, -0.2) is 8.42 Å². The third-order valence-electron chi connectivity index (χ3n) is 3.34. The first-order chi connectivity index (χ1) is 9.80. The Balaban J connectivity index is 2.29. The second-order valence-corrected chi connectivity index (χ2v) is 7.11. The molecule has 1 aromatic carbocycles. The zero-order chi connectivity index (χ0) is 15.6. The number of sulfone groups is 1. The number of phenolic OH excluding ortho intramolecular Hbond substituents is 1. The number of para-hydroxylation sites is 1. The van der Waals surface area contributed by atoms with E-state index < -0.39 is 34.2 Å². The number of nitrogens with zero attached hydrogens (tertiary/aromatic N) is 1. The van der Waals surface area contributed by atoms with Crippen LogP contribution in [0.2, 0.25) is 0 Å². The van der Waals surface area contributed by atoms with E-state index >= 15 is 0 Å². The van der Waals surface area contributed by atoms with Crippen molar-refractivity contribution in [1.29, 1.82) is 0 Å². The summed E-state index contributed by atoms with van der Waals surface area (Å²) in [5.41, 5.74) is 0.0344. The van der Waals surface area contributed by atoms with E-state index in [1.54, 1.807) is 12.1 Å². The molecule has 0 aromatic heterocycles. The van der Waals surface area contributed by atoms with E-state index in [2.05, 4.69) is 0 Å². The van der Waals surface area contributed by atoms with Crippen LogP contribution in [0.25, 0.3) is 0 Å². The van der Waals surface area contributed by atoms with E-state index in [4.69, 9.17) is 5.11 Å². The fourth-order valence-electron chi connectivity index (χ4n) is 2.33. The summed E-state index contributed by atoms with van der Waals surface area (Å²) in [6, 6.07) is 4.97. The van der Waals surface area contributed by atoms with Gasteiger partial charge in [-0.3, -0.25) is 9.59 Å².